The molecule has 4 heteroatoms. The van der Waals surface area contributed by atoms with Crippen LogP contribution in [0.4, 0.5) is 0 Å². The fraction of sp³-hybridized carbons (Fsp3) is 0.125. The summed E-state index contributed by atoms with van der Waals surface area (Å²) in [6.07, 6.45) is 0.316. The molecule has 0 aliphatic rings. The lowest BCUT2D eigenvalue weighted by molar-refractivity contribution is 0.411. The Morgan fingerprint density at radius 3 is 2.85 bits per heavy atom. The van der Waals surface area contributed by atoms with E-state index in [0.717, 1.165) is 22.2 Å². The van der Waals surface area contributed by atoms with Gasteiger partial charge in [0.05, 0.1) is 19.6 Å². The van der Waals surface area contributed by atoms with Crippen LogP contribution in [0.15, 0.2) is 46.9 Å². The van der Waals surface area contributed by atoms with Crippen LogP contribution in [0.3, 0.4) is 0 Å². The highest BCUT2D eigenvalue weighted by molar-refractivity contribution is 5.76. The monoisotopic (exact) mass is 264 g/mol. The Labute approximate surface area is 116 Å². The lowest BCUT2D eigenvalue weighted by atomic mass is 10.1. The maximum atomic E-state index is 8.78. The number of para-hydroxylation sites is 2. The van der Waals surface area contributed by atoms with Gasteiger partial charge >= 0.3 is 0 Å². The Morgan fingerprint density at radius 2 is 2.10 bits per heavy atom. The number of aromatic nitrogens is 1. The van der Waals surface area contributed by atoms with Gasteiger partial charge in [0.1, 0.15) is 11.3 Å². The van der Waals surface area contributed by atoms with Gasteiger partial charge in [0, 0.05) is 11.1 Å². The molecule has 3 rings (SSSR count). The van der Waals surface area contributed by atoms with Crippen LogP contribution in [0, 0.1) is 11.3 Å². The van der Waals surface area contributed by atoms with Gasteiger partial charge in [-0.25, -0.2) is 4.98 Å². The van der Waals surface area contributed by atoms with Crippen molar-refractivity contribution in [3.05, 3.63) is 48.0 Å². The molecule has 1 aromatic heterocycles. The number of methoxy groups -OCH3 is 1. The average Bonchev–Trinajstić information content (AvgIpc) is 2.92. The average molecular weight is 264 g/mol. The third-order valence-electron chi connectivity index (χ3n) is 3.10. The summed E-state index contributed by atoms with van der Waals surface area (Å²) >= 11 is 0. The van der Waals surface area contributed by atoms with Crippen molar-refractivity contribution in [2.45, 2.75) is 6.42 Å². The number of oxazole rings is 1. The van der Waals surface area contributed by atoms with Crippen molar-refractivity contribution in [2.24, 2.45) is 0 Å². The number of rotatable bonds is 3. The van der Waals surface area contributed by atoms with Crippen LogP contribution in [-0.2, 0) is 6.42 Å². The Kier molecular flexibility index (Phi) is 3.10. The summed E-state index contributed by atoms with van der Waals surface area (Å²) in [4.78, 5) is 4.45. The van der Waals surface area contributed by atoms with E-state index in [9.17, 15) is 0 Å². The second kappa shape index (κ2) is 5.06. The highest BCUT2D eigenvalue weighted by Crippen LogP contribution is 2.29. The van der Waals surface area contributed by atoms with Crippen molar-refractivity contribution in [1.29, 1.82) is 5.26 Å². The van der Waals surface area contributed by atoms with Crippen LogP contribution in [0.2, 0.25) is 0 Å². The van der Waals surface area contributed by atoms with Crippen molar-refractivity contribution in [2.75, 3.05) is 7.11 Å². The van der Waals surface area contributed by atoms with Gasteiger partial charge < -0.3 is 9.15 Å². The first-order chi connectivity index (χ1) is 9.81. The quantitative estimate of drug-likeness (QED) is 0.725. The van der Waals surface area contributed by atoms with E-state index in [1.807, 2.05) is 42.5 Å². The molecule has 0 saturated carbocycles. The first kappa shape index (κ1) is 12.2. The molecule has 20 heavy (non-hydrogen) atoms. The van der Waals surface area contributed by atoms with Gasteiger partial charge in [-0.05, 0) is 24.3 Å². The maximum Gasteiger partial charge on any atom is 0.227 e. The summed E-state index contributed by atoms with van der Waals surface area (Å²) in [6, 6.07) is 15.3. The number of hydrogen-bond acceptors (Lipinski definition) is 4. The van der Waals surface area contributed by atoms with Gasteiger partial charge in [-0.1, -0.05) is 18.2 Å². The molecule has 0 atom stereocenters. The van der Waals surface area contributed by atoms with Crippen LogP contribution < -0.4 is 4.74 Å². The second-order valence-electron chi connectivity index (χ2n) is 4.35. The van der Waals surface area contributed by atoms with Crippen LogP contribution in [0.1, 0.15) is 5.56 Å². The van der Waals surface area contributed by atoms with Crippen LogP contribution in [-0.4, -0.2) is 12.1 Å². The molecule has 0 saturated heterocycles. The van der Waals surface area contributed by atoms with Crippen molar-refractivity contribution in [3.63, 3.8) is 0 Å². The highest BCUT2D eigenvalue weighted by atomic mass is 16.5. The van der Waals surface area contributed by atoms with Crippen molar-refractivity contribution >= 4 is 11.1 Å². The Balaban J connectivity index is 2.07. The van der Waals surface area contributed by atoms with Crippen molar-refractivity contribution < 1.29 is 9.15 Å². The SMILES string of the molecule is COc1cc(-c2nc3ccccc3o2)ccc1CC#N. The van der Waals surface area contributed by atoms with Gasteiger partial charge in [0.2, 0.25) is 5.89 Å². The molecule has 0 bridgehead atoms. The number of ether oxygens (including phenoxy) is 1. The zero-order chi connectivity index (χ0) is 13.9. The summed E-state index contributed by atoms with van der Waals surface area (Å²) in [5.41, 5.74) is 3.26. The van der Waals surface area contributed by atoms with E-state index in [2.05, 4.69) is 11.1 Å². The molecule has 0 spiro atoms. The Morgan fingerprint density at radius 1 is 1.25 bits per heavy atom. The van der Waals surface area contributed by atoms with Crippen LogP contribution >= 0.6 is 0 Å². The summed E-state index contributed by atoms with van der Waals surface area (Å²) in [6.45, 7) is 0. The van der Waals surface area contributed by atoms with Gasteiger partial charge in [0.25, 0.3) is 0 Å². The van der Waals surface area contributed by atoms with E-state index >= 15 is 0 Å². The third-order valence-corrected chi connectivity index (χ3v) is 3.10. The van der Waals surface area contributed by atoms with E-state index < -0.39 is 0 Å². The minimum atomic E-state index is 0.316. The predicted molar refractivity (Wildman–Crippen MR) is 75.3 cm³/mol. The number of nitriles is 1. The van der Waals surface area contributed by atoms with Crippen LogP contribution in [0.25, 0.3) is 22.6 Å². The third kappa shape index (κ3) is 2.10. The molecule has 4 nitrogen and oxygen atoms in total. The van der Waals surface area contributed by atoms with E-state index in [-0.39, 0.29) is 0 Å². The molecule has 0 N–H and O–H groups in total. The predicted octanol–water partition coefficient (Wildman–Crippen LogP) is 3.57. The lowest BCUT2D eigenvalue weighted by Gasteiger charge is -2.06. The van der Waals surface area contributed by atoms with Gasteiger partial charge in [-0.3, -0.25) is 0 Å². The summed E-state index contributed by atoms with van der Waals surface area (Å²) < 4.78 is 11.0. The fourth-order valence-electron chi connectivity index (χ4n) is 2.10. The molecule has 1 heterocycles. The molecule has 3 aromatic rings. The summed E-state index contributed by atoms with van der Waals surface area (Å²) in [5, 5.41) is 8.78. The molecule has 0 aliphatic heterocycles. The first-order valence-corrected chi connectivity index (χ1v) is 6.21. The molecular weight excluding hydrogens is 252 g/mol. The van der Waals surface area contributed by atoms with Crippen molar-refractivity contribution in [1.82, 2.24) is 4.98 Å². The zero-order valence-corrected chi connectivity index (χ0v) is 11.0. The van der Waals surface area contributed by atoms with E-state index in [4.69, 9.17) is 14.4 Å². The van der Waals surface area contributed by atoms with E-state index in [0.29, 0.717) is 18.1 Å². The zero-order valence-electron chi connectivity index (χ0n) is 11.0. The normalized spacial score (nSPS) is 10.4. The van der Waals surface area contributed by atoms with Gasteiger partial charge in [0.15, 0.2) is 5.58 Å². The molecule has 0 amide bonds. The van der Waals surface area contributed by atoms with Gasteiger partial charge in [-0.2, -0.15) is 5.26 Å². The highest BCUT2D eigenvalue weighted by Gasteiger charge is 2.11. The van der Waals surface area contributed by atoms with E-state index in [1.54, 1.807) is 7.11 Å². The standard InChI is InChI=1S/C16H12N2O2/c1-19-15-10-12(7-6-11(15)8-9-17)16-18-13-4-2-3-5-14(13)20-16/h2-7,10H,8H2,1H3. The second-order valence-corrected chi connectivity index (χ2v) is 4.35. The Hall–Kier alpha value is -2.80. The maximum absolute atomic E-state index is 8.78. The van der Waals surface area contributed by atoms with Crippen molar-refractivity contribution in [3.8, 4) is 23.3 Å². The topological polar surface area (TPSA) is 59.1 Å². The minimum Gasteiger partial charge on any atom is -0.496 e. The molecular formula is C16H12N2O2. The molecule has 0 unspecified atom stereocenters. The molecule has 98 valence electrons. The lowest BCUT2D eigenvalue weighted by Crippen LogP contribution is -1.91. The molecule has 0 fully saturated rings. The van der Waals surface area contributed by atoms with Gasteiger partial charge in [-0.15, -0.1) is 0 Å². The first-order valence-electron chi connectivity index (χ1n) is 6.21. The number of benzene rings is 2. The van der Waals surface area contributed by atoms with Crippen LogP contribution in [0.5, 0.6) is 5.75 Å². The summed E-state index contributed by atoms with van der Waals surface area (Å²) in [7, 11) is 1.59. The largest absolute Gasteiger partial charge is 0.496 e. The Bertz CT molecular complexity index is 767. The molecule has 0 aliphatic carbocycles. The number of hydrogen-bond donors (Lipinski definition) is 0. The number of fused-ring (bicyclic) bond motifs is 1. The molecule has 0 radical (unpaired) electrons. The van der Waals surface area contributed by atoms with E-state index in [1.165, 1.54) is 0 Å². The summed E-state index contributed by atoms with van der Waals surface area (Å²) in [5.74, 6) is 1.22. The minimum absolute atomic E-state index is 0.316. The molecule has 2 aromatic carbocycles. The number of nitrogens with zero attached hydrogens (tertiary/aromatic N) is 2. The fourth-order valence-corrected chi connectivity index (χ4v) is 2.10. The smallest absolute Gasteiger partial charge is 0.227 e.